The number of nitrogens with two attached hydrogens (primary N) is 1. The van der Waals surface area contributed by atoms with Crippen LogP contribution >= 0.6 is 0 Å². The van der Waals surface area contributed by atoms with Crippen LogP contribution < -0.4 is 11.1 Å². The summed E-state index contributed by atoms with van der Waals surface area (Å²) in [6, 6.07) is 15.3. The van der Waals surface area contributed by atoms with Gasteiger partial charge >= 0.3 is 0 Å². The van der Waals surface area contributed by atoms with Crippen LogP contribution in [0.25, 0.3) is 33.0 Å². The number of benzene rings is 2. The maximum atomic E-state index is 13.3. The Morgan fingerprint density at radius 1 is 0.941 bits per heavy atom. The summed E-state index contributed by atoms with van der Waals surface area (Å²) in [5.41, 5.74) is 10.9. The SMILES string of the molecule is Cc1[nH]c2ccccc2c1C1=C(c2c([C@H]3C[C@@H](O)[C@@H](CN)O3)[nH]c3ccccc23)C(=O)NC1=O. The highest BCUT2D eigenvalue weighted by molar-refractivity contribution is 6.51. The molecule has 2 aromatic heterocycles. The van der Waals surface area contributed by atoms with Crippen molar-refractivity contribution < 1.29 is 19.4 Å². The van der Waals surface area contributed by atoms with Crippen molar-refractivity contribution in [1.29, 1.82) is 0 Å². The zero-order chi connectivity index (χ0) is 23.6. The molecule has 8 nitrogen and oxygen atoms in total. The van der Waals surface area contributed by atoms with Gasteiger partial charge in [-0.2, -0.15) is 0 Å². The van der Waals surface area contributed by atoms with E-state index in [2.05, 4.69) is 15.3 Å². The second-order valence-electron chi connectivity index (χ2n) is 8.87. The lowest BCUT2D eigenvalue weighted by atomic mass is 9.91. The summed E-state index contributed by atoms with van der Waals surface area (Å²) in [7, 11) is 0. The molecule has 2 aliphatic rings. The van der Waals surface area contributed by atoms with Gasteiger partial charge < -0.3 is 25.5 Å². The number of amides is 2. The van der Waals surface area contributed by atoms with Crippen LogP contribution in [0.1, 0.15) is 35.0 Å². The number of H-pyrrole nitrogens is 2. The minimum absolute atomic E-state index is 0.189. The van der Waals surface area contributed by atoms with E-state index in [9.17, 15) is 14.7 Å². The predicted octanol–water partition coefficient (Wildman–Crippen LogP) is 2.67. The number of carbonyl (C=O) groups is 2. The van der Waals surface area contributed by atoms with Gasteiger partial charge in [0.2, 0.25) is 0 Å². The molecule has 4 aromatic rings. The van der Waals surface area contributed by atoms with E-state index in [0.29, 0.717) is 34.4 Å². The molecule has 2 aliphatic heterocycles. The van der Waals surface area contributed by atoms with Gasteiger partial charge in [-0.15, -0.1) is 0 Å². The number of aromatic amines is 2. The predicted molar refractivity (Wildman–Crippen MR) is 129 cm³/mol. The van der Waals surface area contributed by atoms with Gasteiger partial charge in [0.15, 0.2) is 0 Å². The van der Waals surface area contributed by atoms with Crippen LogP contribution in [-0.4, -0.2) is 45.6 Å². The Morgan fingerprint density at radius 3 is 2.18 bits per heavy atom. The lowest BCUT2D eigenvalue weighted by Gasteiger charge is -2.14. The molecule has 3 atom stereocenters. The monoisotopic (exact) mass is 456 g/mol. The molecule has 172 valence electrons. The van der Waals surface area contributed by atoms with E-state index < -0.39 is 30.1 Å². The number of ether oxygens (including phenoxy) is 1. The number of aliphatic hydroxyl groups is 1. The van der Waals surface area contributed by atoms with Crippen LogP contribution in [0.5, 0.6) is 0 Å². The summed E-state index contributed by atoms with van der Waals surface area (Å²) in [6.45, 7) is 2.09. The highest BCUT2D eigenvalue weighted by Gasteiger charge is 2.41. The van der Waals surface area contributed by atoms with Crippen LogP contribution in [-0.2, 0) is 14.3 Å². The van der Waals surface area contributed by atoms with Gasteiger partial charge in [-0.25, -0.2) is 0 Å². The molecular formula is C26H24N4O4. The highest BCUT2D eigenvalue weighted by atomic mass is 16.5. The fourth-order valence-electron chi connectivity index (χ4n) is 5.33. The smallest absolute Gasteiger partial charge is 0.259 e. The van der Waals surface area contributed by atoms with Crippen LogP contribution in [0.15, 0.2) is 48.5 Å². The summed E-state index contributed by atoms with van der Waals surface area (Å²) >= 11 is 0. The second kappa shape index (κ2) is 7.66. The number of hydrogen-bond donors (Lipinski definition) is 5. The van der Waals surface area contributed by atoms with Gasteiger partial charge in [-0.05, 0) is 19.1 Å². The number of imide groups is 1. The number of fused-ring (bicyclic) bond motifs is 2. The zero-order valence-corrected chi connectivity index (χ0v) is 18.5. The maximum Gasteiger partial charge on any atom is 0.259 e. The van der Waals surface area contributed by atoms with Gasteiger partial charge in [0, 0.05) is 51.6 Å². The number of hydrogen-bond acceptors (Lipinski definition) is 5. The molecule has 0 aliphatic carbocycles. The summed E-state index contributed by atoms with van der Waals surface area (Å²) < 4.78 is 6.07. The minimum atomic E-state index is -0.711. The quantitative estimate of drug-likeness (QED) is 0.301. The molecule has 8 heteroatoms. The average molecular weight is 457 g/mol. The van der Waals surface area contributed by atoms with Crippen molar-refractivity contribution >= 4 is 44.8 Å². The molecule has 0 unspecified atom stereocenters. The van der Waals surface area contributed by atoms with Gasteiger partial charge in [0.25, 0.3) is 11.8 Å². The number of carbonyl (C=O) groups excluding carboxylic acids is 2. The molecule has 2 amide bonds. The molecule has 6 rings (SSSR count). The first-order valence-electron chi connectivity index (χ1n) is 11.3. The van der Waals surface area contributed by atoms with Crippen LogP contribution in [0.3, 0.4) is 0 Å². The number of rotatable bonds is 4. The third-order valence-corrected chi connectivity index (χ3v) is 6.84. The van der Waals surface area contributed by atoms with Crippen molar-refractivity contribution in [2.45, 2.75) is 31.7 Å². The molecule has 1 saturated heterocycles. The Morgan fingerprint density at radius 2 is 1.53 bits per heavy atom. The Labute approximate surface area is 194 Å². The van der Waals surface area contributed by atoms with Crippen molar-refractivity contribution in [3.63, 3.8) is 0 Å². The summed E-state index contributed by atoms with van der Waals surface area (Å²) in [6.07, 6.45) is -1.36. The standard InChI is InChI=1S/C26H24N4O4/c1-12-20(13-6-2-4-8-15(13)28-12)22-23(26(33)30-25(22)32)21-14-7-3-5-9-16(14)29-24(21)18-10-17(31)19(11-27)34-18/h2-9,17-19,28-29,31H,10-11,27H2,1H3,(H,30,32,33)/t17-,18-,19-/m1/s1. The molecule has 0 radical (unpaired) electrons. The third-order valence-electron chi connectivity index (χ3n) is 6.84. The topological polar surface area (TPSA) is 133 Å². The van der Waals surface area contributed by atoms with E-state index in [4.69, 9.17) is 10.5 Å². The fraction of sp³-hybridized carbons (Fsp3) is 0.231. The number of aliphatic hydroxyl groups excluding tert-OH is 1. The van der Waals surface area contributed by atoms with Crippen LogP contribution in [0, 0.1) is 6.92 Å². The Kier molecular flexibility index (Phi) is 4.70. The largest absolute Gasteiger partial charge is 0.390 e. The Hall–Kier alpha value is -3.72. The van der Waals surface area contributed by atoms with E-state index in [1.54, 1.807) is 0 Å². The third kappa shape index (κ3) is 2.96. The number of nitrogens with one attached hydrogen (secondary N) is 3. The van der Waals surface area contributed by atoms with E-state index in [-0.39, 0.29) is 6.54 Å². The van der Waals surface area contributed by atoms with Crippen molar-refractivity contribution in [2.24, 2.45) is 5.73 Å². The highest BCUT2D eigenvalue weighted by Crippen LogP contribution is 2.44. The Bertz CT molecular complexity index is 1510. The van der Waals surface area contributed by atoms with Crippen molar-refractivity contribution in [3.8, 4) is 0 Å². The zero-order valence-electron chi connectivity index (χ0n) is 18.5. The number of para-hydroxylation sites is 2. The first kappa shape index (κ1) is 20.9. The lowest BCUT2D eigenvalue weighted by molar-refractivity contribution is -0.122. The summed E-state index contributed by atoms with van der Waals surface area (Å²) in [5.74, 6) is -0.888. The molecule has 0 bridgehead atoms. The van der Waals surface area contributed by atoms with Crippen molar-refractivity contribution in [3.05, 3.63) is 71.0 Å². The first-order valence-corrected chi connectivity index (χ1v) is 11.3. The molecule has 34 heavy (non-hydrogen) atoms. The summed E-state index contributed by atoms with van der Waals surface area (Å²) in [5, 5.41) is 14.6. The molecular weight excluding hydrogens is 432 g/mol. The van der Waals surface area contributed by atoms with Crippen LogP contribution in [0.2, 0.25) is 0 Å². The van der Waals surface area contributed by atoms with Crippen molar-refractivity contribution in [1.82, 2.24) is 15.3 Å². The van der Waals surface area contributed by atoms with E-state index in [1.165, 1.54) is 0 Å². The molecule has 1 fully saturated rings. The Balaban J connectivity index is 1.65. The van der Waals surface area contributed by atoms with Gasteiger partial charge in [0.1, 0.15) is 6.10 Å². The maximum absolute atomic E-state index is 13.3. The summed E-state index contributed by atoms with van der Waals surface area (Å²) in [4.78, 5) is 33.2. The lowest BCUT2D eigenvalue weighted by Crippen LogP contribution is -2.29. The first-order chi connectivity index (χ1) is 16.5. The normalized spacial score (nSPS) is 23.0. The van der Waals surface area contributed by atoms with E-state index in [1.807, 2.05) is 55.5 Å². The average Bonchev–Trinajstić information content (AvgIpc) is 3.54. The molecule has 4 heterocycles. The number of aromatic nitrogens is 2. The fourth-order valence-corrected chi connectivity index (χ4v) is 5.33. The van der Waals surface area contributed by atoms with Crippen LogP contribution in [0.4, 0.5) is 0 Å². The van der Waals surface area contributed by atoms with E-state index in [0.717, 1.165) is 27.5 Å². The number of aryl methyl sites for hydroxylation is 1. The minimum Gasteiger partial charge on any atom is -0.390 e. The molecule has 2 aromatic carbocycles. The molecule has 0 spiro atoms. The van der Waals surface area contributed by atoms with Gasteiger partial charge in [-0.1, -0.05) is 36.4 Å². The van der Waals surface area contributed by atoms with Gasteiger partial charge in [-0.3, -0.25) is 14.9 Å². The molecule has 6 N–H and O–H groups in total. The van der Waals surface area contributed by atoms with E-state index >= 15 is 0 Å². The molecule has 0 saturated carbocycles. The van der Waals surface area contributed by atoms with Crippen molar-refractivity contribution in [2.75, 3.05) is 6.54 Å². The van der Waals surface area contributed by atoms with Gasteiger partial charge in [0.05, 0.1) is 29.0 Å². The second-order valence-corrected chi connectivity index (χ2v) is 8.87.